The molecule has 2 N–H and O–H groups in total. The van der Waals surface area contributed by atoms with Gasteiger partial charge >= 0.3 is 0 Å². The predicted molar refractivity (Wildman–Crippen MR) is 159 cm³/mol. The quantitative estimate of drug-likeness (QED) is 0.160. The molecule has 5 heteroatoms. The Kier molecular flexibility index (Phi) is 11.5. The Morgan fingerprint density at radius 1 is 1.16 bits per heavy atom. The van der Waals surface area contributed by atoms with Gasteiger partial charge in [0, 0.05) is 24.8 Å². The number of hydrogen-bond acceptors (Lipinski definition) is 4. The molecule has 2 atom stereocenters. The van der Waals surface area contributed by atoms with Crippen LogP contribution in [0.5, 0.6) is 0 Å². The van der Waals surface area contributed by atoms with Crippen molar-refractivity contribution < 1.29 is 9.90 Å². The summed E-state index contributed by atoms with van der Waals surface area (Å²) in [6.45, 7) is 12.4. The third kappa shape index (κ3) is 8.76. The Bertz CT molecular complexity index is 1080. The highest BCUT2D eigenvalue weighted by atomic mass is 16.2. The first-order valence-electron chi connectivity index (χ1n) is 14.1. The molecule has 0 aromatic heterocycles. The van der Waals surface area contributed by atoms with Crippen molar-refractivity contribution in [3.8, 4) is 0 Å². The van der Waals surface area contributed by atoms with Crippen molar-refractivity contribution in [1.29, 1.82) is 0 Å². The lowest BCUT2D eigenvalue weighted by Crippen LogP contribution is -2.41. The fraction of sp³-hybridized carbons (Fsp3) is 0.485. The number of carbonyl (C=O) groups is 1. The number of unbranched alkanes of at least 4 members (excludes halogenated alkanes) is 2. The summed E-state index contributed by atoms with van der Waals surface area (Å²) in [4.78, 5) is 22.6. The van der Waals surface area contributed by atoms with Gasteiger partial charge in [0.25, 0.3) is 0 Å². The van der Waals surface area contributed by atoms with Crippen LogP contribution in [0.25, 0.3) is 0 Å². The van der Waals surface area contributed by atoms with Crippen LogP contribution in [0.3, 0.4) is 0 Å². The minimum absolute atomic E-state index is 0.0358. The van der Waals surface area contributed by atoms with Gasteiger partial charge in [-0.2, -0.15) is 0 Å². The molecule has 0 fully saturated rings. The summed E-state index contributed by atoms with van der Waals surface area (Å²) in [7, 11) is 0. The fourth-order valence-electron chi connectivity index (χ4n) is 5.22. The molecule has 1 aromatic rings. The highest BCUT2D eigenvalue weighted by molar-refractivity contribution is 5.88. The van der Waals surface area contributed by atoms with Crippen LogP contribution >= 0.6 is 0 Å². The van der Waals surface area contributed by atoms with Crippen LogP contribution in [0, 0.1) is 11.3 Å². The average Bonchev–Trinajstić information content (AvgIpc) is 2.91. The van der Waals surface area contributed by atoms with E-state index in [1.54, 1.807) is 0 Å². The molecule has 2 aliphatic carbocycles. The number of nitrogens with one attached hydrogen (secondary N) is 1. The van der Waals surface area contributed by atoms with E-state index in [1.165, 1.54) is 11.1 Å². The van der Waals surface area contributed by atoms with Gasteiger partial charge in [0.1, 0.15) is 0 Å². The largest absolute Gasteiger partial charge is 0.396 e. The third-order valence-electron chi connectivity index (χ3n) is 7.64. The molecule has 0 radical (unpaired) electrons. The van der Waals surface area contributed by atoms with Crippen molar-refractivity contribution in [2.24, 2.45) is 21.3 Å². The molecule has 0 saturated heterocycles. The van der Waals surface area contributed by atoms with E-state index in [1.807, 2.05) is 36.4 Å². The molecule has 0 bridgehead atoms. The smallest absolute Gasteiger partial charge is 0.227 e. The number of aliphatic hydroxyl groups is 1. The Hall–Kier alpha value is -3.05. The first-order chi connectivity index (χ1) is 18.4. The molecule has 1 aromatic carbocycles. The maximum atomic E-state index is 13.4. The van der Waals surface area contributed by atoms with Crippen molar-refractivity contribution >= 4 is 18.3 Å². The summed E-state index contributed by atoms with van der Waals surface area (Å²) in [6, 6.07) is 10.4. The summed E-state index contributed by atoms with van der Waals surface area (Å²) in [5.74, 6) is -0.250. The molecule has 204 valence electrons. The van der Waals surface area contributed by atoms with Crippen LogP contribution in [-0.2, 0) is 11.2 Å². The Morgan fingerprint density at radius 3 is 2.66 bits per heavy atom. The number of rotatable bonds is 14. The number of nitrogens with zero attached hydrogens (tertiary/aromatic N) is 2. The van der Waals surface area contributed by atoms with Gasteiger partial charge in [-0.25, -0.2) is 0 Å². The van der Waals surface area contributed by atoms with E-state index in [-0.39, 0.29) is 29.9 Å². The summed E-state index contributed by atoms with van der Waals surface area (Å²) in [5, 5.41) is 12.5. The van der Waals surface area contributed by atoms with E-state index in [2.05, 4.69) is 55.7 Å². The second-order valence-electron chi connectivity index (χ2n) is 11.1. The maximum absolute atomic E-state index is 13.4. The number of hydrogen-bond donors (Lipinski definition) is 2. The van der Waals surface area contributed by atoms with Gasteiger partial charge in [0.15, 0.2) is 0 Å². The standard InChI is InChI=1S/C33H45N3O2/c1-5-6-15-27-24-29(19-20-33(27,2)3)36-32(38)26-17-18-30(34-4)31(23-26)35-28(16-11-8-12-21-37)22-25-13-9-7-10-14-25/h5,7,9-10,13-14,18,23-24,26,29,37H,1,4,6,8,11-12,15-17,19-22H2,2-3H3,(H,36,38). The molecular formula is C33H45N3O2. The van der Waals surface area contributed by atoms with Crippen molar-refractivity contribution in [3.63, 3.8) is 0 Å². The first kappa shape index (κ1) is 29.5. The molecule has 5 nitrogen and oxygen atoms in total. The molecule has 1 amide bonds. The van der Waals surface area contributed by atoms with E-state index in [9.17, 15) is 4.79 Å². The molecule has 2 unspecified atom stereocenters. The van der Waals surface area contributed by atoms with Gasteiger partial charge in [-0.05, 0) is 75.1 Å². The molecule has 0 saturated carbocycles. The molecule has 0 heterocycles. The van der Waals surface area contributed by atoms with Crippen molar-refractivity contribution in [2.75, 3.05) is 6.61 Å². The number of aliphatic imine (C=N–C) groups is 2. The summed E-state index contributed by atoms with van der Waals surface area (Å²) in [6.07, 6.45) is 17.0. The highest BCUT2D eigenvalue weighted by Gasteiger charge is 2.31. The normalized spacial score (nSPS) is 21.1. The van der Waals surface area contributed by atoms with Gasteiger partial charge in [0.2, 0.25) is 5.91 Å². The van der Waals surface area contributed by atoms with Gasteiger partial charge in [0.05, 0.1) is 17.3 Å². The van der Waals surface area contributed by atoms with Crippen molar-refractivity contribution in [2.45, 2.75) is 84.1 Å². The molecule has 0 aliphatic heterocycles. The SMILES string of the molecule is C=CCCC1=CC(NC(=O)C2C=C(N=C(CCCCCO)Cc3ccccc3)C(N=C)=CC2)CCC1(C)C. The molecular weight excluding hydrogens is 470 g/mol. The summed E-state index contributed by atoms with van der Waals surface area (Å²) >= 11 is 0. The van der Waals surface area contributed by atoms with Gasteiger partial charge in [-0.1, -0.05) is 74.4 Å². The van der Waals surface area contributed by atoms with Crippen LogP contribution in [0.15, 0.2) is 88.2 Å². The number of benzene rings is 1. The molecule has 38 heavy (non-hydrogen) atoms. The van der Waals surface area contributed by atoms with Crippen molar-refractivity contribution in [3.05, 3.63) is 83.7 Å². The second kappa shape index (κ2) is 14.8. The van der Waals surface area contributed by atoms with Gasteiger partial charge in [-0.15, -0.1) is 6.58 Å². The first-order valence-corrected chi connectivity index (χ1v) is 14.1. The van der Waals surface area contributed by atoms with Gasteiger partial charge < -0.3 is 10.4 Å². The lowest BCUT2D eigenvalue weighted by Gasteiger charge is -2.36. The van der Waals surface area contributed by atoms with E-state index < -0.39 is 0 Å². The third-order valence-corrected chi connectivity index (χ3v) is 7.64. The maximum Gasteiger partial charge on any atom is 0.227 e. The van der Waals surface area contributed by atoms with Crippen LogP contribution in [0.1, 0.15) is 77.2 Å². The number of aliphatic hydroxyl groups excluding tert-OH is 1. The Morgan fingerprint density at radius 2 is 1.95 bits per heavy atom. The second-order valence-corrected chi connectivity index (χ2v) is 11.1. The van der Waals surface area contributed by atoms with Crippen LogP contribution in [0.2, 0.25) is 0 Å². The highest BCUT2D eigenvalue weighted by Crippen LogP contribution is 2.39. The lowest BCUT2D eigenvalue weighted by atomic mass is 9.72. The lowest BCUT2D eigenvalue weighted by molar-refractivity contribution is -0.124. The van der Waals surface area contributed by atoms with Crippen LogP contribution < -0.4 is 5.32 Å². The molecule has 3 rings (SSSR count). The van der Waals surface area contributed by atoms with E-state index in [0.717, 1.165) is 74.9 Å². The van der Waals surface area contributed by atoms with E-state index in [4.69, 9.17) is 10.1 Å². The topological polar surface area (TPSA) is 74.0 Å². The summed E-state index contributed by atoms with van der Waals surface area (Å²) < 4.78 is 0. The minimum atomic E-state index is -0.286. The Balaban J connectivity index is 1.78. The van der Waals surface area contributed by atoms with Crippen LogP contribution in [0.4, 0.5) is 0 Å². The van der Waals surface area contributed by atoms with Gasteiger partial charge in [-0.3, -0.25) is 14.8 Å². The zero-order valence-corrected chi connectivity index (χ0v) is 23.3. The minimum Gasteiger partial charge on any atom is -0.396 e. The molecule has 0 spiro atoms. The molecule has 2 aliphatic rings. The van der Waals surface area contributed by atoms with E-state index >= 15 is 0 Å². The predicted octanol–water partition coefficient (Wildman–Crippen LogP) is 6.91. The summed E-state index contributed by atoms with van der Waals surface area (Å²) in [5.41, 5.74) is 5.29. The fourth-order valence-corrected chi connectivity index (χ4v) is 5.22. The van der Waals surface area contributed by atoms with E-state index in [0.29, 0.717) is 6.42 Å². The number of carbonyl (C=O) groups excluding carboxylic acids is 1. The zero-order chi connectivity index (χ0) is 27.4. The van der Waals surface area contributed by atoms with Crippen LogP contribution in [-0.4, -0.2) is 36.1 Å². The average molecular weight is 516 g/mol. The Labute approximate surface area is 229 Å². The monoisotopic (exact) mass is 515 g/mol. The van der Waals surface area contributed by atoms with Crippen molar-refractivity contribution in [1.82, 2.24) is 5.32 Å². The number of allylic oxidation sites excluding steroid dienone is 3. The zero-order valence-electron chi connectivity index (χ0n) is 23.3. The number of amides is 1.